The second-order valence-corrected chi connectivity index (χ2v) is 4.39. The summed E-state index contributed by atoms with van der Waals surface area (Å²) in [4.78, 5) is 8.60. The highest BCUT2D eigenvalue weighted by Gasteiger charge is 2.12. The first-order chi connectivity index (χ1) is 8.69. The number of hydrogen-bond donors (Lipinski definition) is 1. The fourth-order valence-corrected chi connectivity index (χ4v) is 1.78. The van der Waals surface area contributed by atoms with Crippen molar-refractivity contribution in [3.05, 3.63) is 29.8 Å². The van der Waals surface area contributed by atoms with E-state index in [2.05, 4.69) is 34.3 Å². The summed E-state index contributed by atoms with van der Waals surface area (Å²) in [6.45, 7) is 7.12. The van der Waals surface area contributed by atoms with Crippen LogP contribution in [0.1, 0.15) is 25.3 Å². The molecule has 5 heteroatoms. The molecule has 0 aromatic carbocycles. The van der Waals surface area contributed by atoms with Gasteiger partial charge in [-0.2, -0.15) is 4.98 Å². The molecule has 0 spiro atoms. The maximum Gasteiger partial charge on any atom is 0.228 e. The van der Waals surface area contributed by atoms with Crippen LogP contribution in [0.15, 0.2) is 22.9 Å². The quantitative estimate of drug-likeness (QED) is 0.874. The van der Waals surface area contributed by atoms with Crippen LogP contribution in [0.4, 0.5) is 0 Å². The topological polar surface area (TPSA) is 63.8 Å². The molecular weight excluding hydrogens is 228 g/mol. The summed E-state index contributed by atoms with van der Waals surface area (Å²) in [5.74, 6) is 1.19. The van der Waals surface area contributed by atoms with Gasteiger partial charge >= 0.3 is 0 Å². The molecule has 2 heterocycles. The number of aryl methyl sites for hydroxylation is 1. The summed E-state index contributed by atoms with van der Waals surface area (Å²) in [6, 6.07) is 4.22. The van der Waals surface area contributed by atoms with Crippen LogP contribution in [-0.2, 0) is 6.42 Å². The molecule has 0 radical (unpaired) electrons. The SMILES string of the molecule is CCNC(C)Cc1nc(-c2cc(C)ccn2)no1. The van der Waals surface area contributed by atoms with Crippen LogP contribution in [-0.4, -0.2) is 27.7 Å². The Bertz CT molecular complexity index is 509. The first kappa shape index (κ1) is 12.7. The van der Waals surface area contributed by atoms with Gasteiger partial charge in [-0.1, -0.05) is 12.1 Å². The third kappa shape index (κ3) is 3.13. The summed E-state index contributed by atoms with van der Waals surface area (Å²) >= 11 is 0. The molecule has 0 saturated carbocycles. The van der Waals surface area contributed by atoms with Crippen molar-refractivity contribution in [2.75, 3.05) is 6.54 Å². The Balaban J connectivity index is 2.10. The van der Waals surface area contributed by atoms with Crippen molar-refractivity contribution in [1.29, 1.82) is 0 Å². The van der Waals surface area contributed by atoms with Gasteiger partial charge < -0.3 is 9.84 Å². The minimum atomic E-state index is 0.328. The Labute approximate surface area is 107 Å². The number of pyridine rings is 1. The second kappa shape index (κ2) is 5.73. The van der Waals surface area contributed by atoms with E-state index in [0.29, 0.717) is 17.8 Å². The van der Waals surface area contributed by atoms with Gasteiger partial charge in [0.25, 0.3) is 0 Å². The van der Waals surface area contributed by atoms with E-state index >= 15 is 0 Å². The van der Waals surface area contributed by atoms with E-state index in [-0.39, 0.29) is 0 Å². The van der Waals surface area contributed by atoms with Crippen molar-refractivity contribution in [2.24, 2.45) is 0 Å². The number of aromatic nitrogens is 3. The summed E-state index contributed by atoms with van der Waals surface area (Å²) in [6.07, 6.45) is 2.48. The van der Waals surface area contributed by atoms with E-state index in [1.165, 1.54) is 0 Å². The molecule has 0 bridgehead atoms. The number of rotatable bonds is 5. The molecule has 0 aliphatic rings. The highest BCUT2D eigenvalue weighted by Crippen LogP contribution is 2.14. The normalized spacial score (nSPS) is 12.6. The van der Waals surface area contributed by atoms with Crippen LogP contribution in [0.25, 0.3) is 11.5 Å². The van der Waals surface area contributed by atoms with E-state index < -0.39 is 0 Å². The molecule has 2 aromatic rings. The molecule has 1 N–H and O–H groups in total. The second-order valence-electron chi connectivity index (χ2n) is 4.39. The summed E-state index contributed by atoms with van der Waals surface area (Å²) in [5.41, 5.74) is 1.88. The van der Waals surface area contributed by atoms with Gasteiger partial charge in [0, 0.05) is 18.7 Å². The predicted molar refractivity (Wildman–Crippen MR) is 69.1 cm³/mol. The van der Waals surface area contributed by atoms with Crippen molar-refractivity contribution in [3.8, 4) is 11.5 Å². The lowest BCUT2D eigenvalue weighted by atomic mass is 10.2. The first-order valence-corrected chi connectivity index (χ1v) is 6.18. The van der Waals surface area contributed by atoms with Crippen molar-refractivity contribution in [2.45, 2.75) is 33.2 Å². The van der Waals surface area contributed by atoms with Gasteiger partial charge in [0.15, 0.2) is 0 Å². The number of nitrogens with zero attached hydrogens (tertiary/aromatic N) is 3. The van der Waals surface area contributed by atoms with Gasteiger partial charge in [-0.3, -0.25) is 4.98 Å². The summed E-state index contributed by atoms with van der Waals surface area (Å²) in [7, 11) is 0. The summed E-state index contributed by atoms with van der Waals surface area (Å²) < 4.78 is 5.23. The first-order valence-electron chi connectivity index (χ1n) is 6.18. The molecule has 0 aliphatic carbocycles. The van der Waals surface area contributed by atoms with E-state index in [9.17, 15) is 0 Å². The minimum Gasteiger partial charge on any atom is -0.339 e. The lowest BCUT2D eigenvalue weighted by Crippen LogP contribution is -2.27. The van der Waals surface area contributed by atoms with E-state index in [1.54, 1.807) is 6.20 Å². The molecule has 2 rings (SSSR count). The van der Waals surface area contributed by atoms with Gasteiger partial charge in [0.2, 0.25) is 11.7 Å². The van der Waals surface area contributed by atoms with Gasteiger partial charge in [0.1, 0.15) is 5.69 Å². The Morgan fingerprint density at radius 2 is 2.28 bits per heavy atom. The van der Waals surface area contributed by atoms with Crippen molar-refractivity contribution in [1.82, 2.24) is 20.4 Å². The van der Waals surface area contributed by atoms with Gasteiger partial charge in [-0.15, -0.1) is 0 Å². The molecule has 0 fully saturated rings. The number of likely N-dealkylation sites (N-methyl/N-ethyl adjacent to an activating group) is 1. The lowest BCUT2D eigenvalue weighted by Gasteiger charge is -2.07. The Hall–Kier alpha value is -1.75. The average molecular weight is 246 g/mol. The van der Waals surface area contributed by atoms with Crippen LogP contribution in [0.5, 0.6) is 0 Å². The molecule has 0 saturated heterocycles. The molecule has 18 heavy (non-hydrogen) atoms. The maximum absolute atomic E-state index is 5.23. The molecule has 0 amide bonds. The van der Waals surface area contributed by atoms with E-state index in [1.807, 2.05) is 19.1 Å². The van der Waals surface area contributed by atoms with Crippen LogP contribution in [0.2, 0.25) is 0 Å². The smallest absolute Gasteiger partial charge is 0.228 e. The minimum absolute atomic E-state index is 0.328. The van der Waals surface area contributed by atoms with E-state index in [0.717, 1.165) is 24.2 Å². The molecular formula is C13H18N4O. The van der Waals surface area contributed by atoms with Crippen LogP contribution in [0, 0.1) is 6.92 Å². The lowest BCUT2D eigenvalue weighted by molar-refractivity contribution is 0.363. The van der Waals surface area contributed by atoms with Crippen LogP contribution < -0.4 is 5.32 Å². The van der Waals surface area contributed by atoms with Crippen LogP contribution >= 0.6 is 0 Å². The van der Waals surface area contributed by atoms with Crippen LogP contribution in [0.3, 0.4) is 0 Å². The largest absolute Gasteiger partial charge is 0.339 e. The zero-order valence-electron chi connectivity index (χ0n) is 11.0. The van der Waals surface area contributed by atoms with Gasteiger partial charge in [-0.05, 0) is 38.1 Å². The molecule has 96 valence electrons. The van der Waals surface area contributed by atoms with E-state index in [4.69, 9.17) is 4.52 Å². The number of hydrogen-bond acceptors (Lipinski definition) is 5. The van der Waals surface area contributed by atoms with Gasteiger partial charge in [0.05, 0.1) is 0 Å². The molecule has 1 unspecified atom stereocenters. The highest BCUT2D eigenvalue weighted by atomic mass is 16.5. The maximum atomic E-state index is 5.23. The van der Waals surface area contributed by atoms with Gasteiger partial charge in [-0.25, -0.2) is 0 Å². The van der Waals surface area contributed by atoms with Crippen molar-refractivity contribution < 1.29 is 4.52 Å². The highest BCUT2D eigenvalue weighted by molar-refractivity contribution is 5.48. The Kier molecular flexibility index (Phi) is 4.04. The third-order valence-corrected chi connectivity index (χ3v) is 2.65. The Morgan fingerprint density at radius 3 is 3.00 bits per heavy atom. The van der Waals surface area contributed by atoms with Crippen molar-refractivity contribution >= 4 is 0 Å². The zero-order chi connectivity index (χ0) is 13.0. The Morgan fingerprint density at radius 1 is 1.44 bits per heavy atom. The predicted octanol–water partition coefficient (Wildman–Crippen LogP) is 1.98. The molecule has 5 nitrogen and oxygen atoms in total. The standard InChI is InChI=1S/C13H18N4O/c1-4-14-10(3)8-12-16-13(17-18-12)11-7-9(2)5-6-15-11/h5-7,10,14H,4,8H2,1-3H3. The fourth-order valence-electron chi connectivity index (χ4n) is 1.78. The molecule has 2 aromatic heterocycles. The zero-order valence-corrected chi connectivity index (χ0v) is 11.0. The number of nitrogens with one attached hydrogen (secondary N) is 1. The van der Waals surface area contributed by atoms with Crippen molar-refractivity contribution in [3.63, 3.8) is 0 Å². The molecule has 1 atom stereocenters. The summed E-state index contributed by atoms with van der Waals surface area (Å²) in [5, 5.41) is 7.27. The fraction of sp³-hybridized carbons (Fsp3) is 0.462. The molecule has 0 aliphatic heterocycles. The third-order valence-electron chi connectivity index (χ3n) is 2.65. The average Bonchev–Trinajstić information content (AvgIpc) is 2.78. The monoisotopic (exact) mass is 246 g/mol.